The Bertz CT molecular complexity index is 1670. The summed E-state index contributed by atoms with van der Waals surface area (Å²) in [4.78, 5) is 13.6. The van der Waals surface area contributed by atoms with Crippen LogP contribution in [0, 0.1) is 0 Å². The molecular formula is C28H22F9NO5S. The number of ether oxygens (including phenoxy) is 2. The first-order valence-electron chi connectivity index (χ1n) is 12.5. The zero-order valence-electron chi connectivity index (χ0n) is 22.9. The molecule has 1 saturated heterocycles. The highest BCUT2D eigenvalue weighted by Crippen LogP contribution is 2.43. The van der Waals surface area contributed by atoms with Crippen LogP contribution in [-0.4, -0.2) is 38.8 Å². The summed E-state index contributed by atoms with van der Waals surface area (Å²) in [7, 11) is -2.56. The molecule has 3 aromatic carbocycles. The summed E-state index contributed by atoms with van der Waals surface area (Å²) in [5.41, 5.74) is -5.16. The Balaban J connectivity index is 1.82. The highest BCUT2D eigenvalue weighted by molar-refractivity contribution is 7.90. The number of hydrogen-bond acceptors (Lipinski definition) is 5. The number of hydrogen-bond donors (Lipinski definition) is 0. The minimum atomic E-state index is -5.17. The van der Waals surface area contributed by atoms with E-state index in [0.717, 1.165) is 29.4 Å². The molecule has 0 aromatic heterocycles. The summed E-state index contributed by atoms with van der Waals surface area (Å²) in [6, 6.07) is 5.59. The smallest absolute Gasteiger partial charge is 0.416 e. The highest BCUT2D eigenvalue weighted by Gasteiger charge is 2.44. The van der Waals surface area contributed by atoms with Gasteiger partial charge in [-0.15, -0.1) is 0 Å². The third kappa shape index (κ3) is 6.74. The summed E-state index contributed by atoms with van der Waals surface area (Å²) in [6.45, 7) is 0.605. The normalized spacial score (nSPS) is 18.0. The van der Waals surface area contributed by atoms with Crippen molar-refractivity contribution in [3.05, 3.63) is 82.4 Å². The molecule has 0 radical (unpaired) electrons. The van der Waals surface area contributed by atoms with Crippen LogP contribution in [0.1, 0.15) is 40.8 Å². The van der Waals surface area contributed by atoms with Gasteiger partial charge in [-0.05, 0) is 72.1 Å². The van der Waals surface area contributed by atoms with Crippen LogP contribution >= 0.6 is 0 Å². The van der Waals surface area contributed by atoms with Crippen molar-refractivity contribution in [2.24, 2.45) is 0 Å². The van der Waals surface area contributed by atoms with Gasteiger partial charge in [0.15, 0.2) is 9.84 Å². The molecule has 0 N–H and O–H groups in total. The molecule has 0 aliphatic carbocycles. The Labute approximate surface area is 244 Å². The van der Waals surface area contributed by atoms with Gasteiger partial charge in [0.2, 0.25) is 0 Å². The van der Waals surface area contributed by atoms with Crippen molar-refractivity contribution < 1.29 is 62.2 Å². The Morgan fingerprint density at radius 1 is 0.795 bits per heavy atom. The van der Waals surface area contributed by atoms with Gasteiger partial charge in [0, 0.05) is 11.8 Å². The molecule has 3 aromatic rings. The van der Waals surface area contributed by atoms with Gasteiger partial charge < -0.3 is 9.47 Å². The lowest BCUT2D eigenvalue weighted by atomic mass is 9.95. The third-order valence-electron chi connectivity index (χ3n) is 6.99. The number of rotatable bonds is 6. The van der Waals surface area contributed by atoms with E-state index in [4.69, 9.17) is 9.47 Å². The Morgan fingerprint density at radius 3 is 1.86 bits per heavy atom. The van der Waals surface area contributed by atoms with Gasteiger partial charge >= 0.3 is 24.6 Å². The number of carbonyl (C=O) groups is 1. The molecule has 0 bridgehead atoms. The van der Waals surface area contributed by atoms with Crippen molar-refractivity contribution in [2.45, 2.75) is 49.0 Å². The van der Waals surface area contributed by atoms with E-state index in [1.807, 2.05) is 0 Å². The van der Waals surface area contributed by atoms with Gasteiger partial charge in [-0.2, -0.15) is 39.5 Å². The van der Waals surface area contributed by atoms with Crippen LogP contribution in [0.2, 0.25) is 0 Å². The zero-order chi connectivity index (χ0) is 33.0. The molecule has 16 heteroatoms. The number of cyclic esters (lactones) is 1. The number of sulfone groups is 1. The van der Waals surface area contributed by atoms with E-state index in [1.54, 1.807) is 0 Å². The zero-order valence-corrected chi connectivity index (χ0v) is 23.7. The fourth-order valence-electron chi connectivity index (χ4n) is 4.78. The van der Waals surface area contributed by atoms with E-state index >= 15 is 0 Å². The van der Waals surface area contributed by atoms with E-state index in [2.05, 4.69) is 0 Å². The second-order valence-electron chi connectivity index (χ2n) is 10.0. The van der Waals surface area contributed by atoms with Gasteiger partial charge in [-0.25, -0.2) is 13.2 Å². The van der Waals surface area contributed by atoms with E-state index in [1.165, 1.54) is 26.2 Å². The number of halogens is 9. The lowest BCUT2D eigenvalue weighted by molar-refractivity contribution is -0.143. The number of benzene rings is 3. The lowest BCUT2D eigenvalue weighted by Gasteiger charge is -2.24. The van der Waals surface area contributed by atoms with Gasteiger partial charge in [0.25, 0.3) is 0 Å². The number of nitrogens with zero attached hydrogens (tertiary/aromatic N) is 1. The molecule has 1 fully saturated rings. The van der Waals surface area contributed by atoms with Gasteiger partial charge in [0.05, 0.1) is 41.3 Å². The first kappa shape index (κ1) is 33.0. The summed E-state index contributed by atoms with van der Waals surface area (Å²) in [6.07, 6.45) is -17.1. The van der Waals surface area contributed by atoms with Crippen molar-refractivity contribution >= 4 is 15.9 Å². The fraction of sp³-hybridized carbons (Fsp3) is 0.321. The van der Waals surface area contributed by atoms with Crippen molar-refractivity contribution in [3.8, 4) is 16.9 Å². The molecule has 6 nitrogen and oxygen atoms in total. The minimum absolute atomic E-state index is 0.0160. The highest BCUT2D eigenvalue weighted by atomic mass is 32.2. The lowest BCUT2D eigenvalue weighted by Crippen LogP contribution is -2.32. The first-order valence-corrected chi connectivity index (χ1v) is 14.4. The molecule has 1 unspecified atom stereocenters. The van der Waals surface area contributed by atoms with E-state index in [-0.39, 0.29) is 33.4 Å². The summed E-state index contributed by atoms with van der Waals surface area (Å²) in [5, 5.41) is 0. The maximum atomic E-state index is 13.7. The fourth-order valence-corrected chi connectivity index (χ4v) is 5.43. The predicted octanol–water partition coefficient (Wildman–Crippen LogP) is 7.90. The summed E-state index contributed by atoms with van der Waals surface area (Å²) >= 11 is 0. The molecule has 0 spiro atoms. The third-order valence-corrected chi connectivity index (χ3v) is 8.10. The second kappa shape index (κ2) is 11.2. The van der Waals surface area contributed by atoms with Gasteiger partial charge in [-0.3, -0.25) is 4.90 Å². The minimum Gasteiger partial charge on any atom is -0.496 e. The van der Waals surface area contributed by atoms with Crippen LogP contribution in [0.4, 0.5) is 44.3 Å². The topological polar surface area (TPSA) is 72.9 Å². The van der Waals surface area contributed by atoms with Crippen LogP contribution < -0.4 is 4.74 Å². The maximum absolute atomic E-state index is 13.7. The molecule has 1 aliphatic heterocycles. The van der Waals surface area contributed by atoms with Crippen molar-refractivity contribution in [1.82, 2.24) is 4.90 Å². The molecule has 238 valence electrons. The number of alkyl halides is 9. The molecular weight excluding hydrogens is 633 g/mol. The molecule has 1 heterocycles. The van der Waals surface area contributed by atoms with Crippen LogP contribution in [0.3, 0.4) is 0 Å². The van der Waals surface area contributed by atoms with Gasteiger partial charge in [0.1, 0.15) is 11.9 Å². The van der Waals surface area contributed by atoms with Crippen molar-refractivity contribution in [2.75, 3.05) is 13.4 Å². The second-order valence-corrected chi connectivity index (χ2v) is 12.0. The standard InChI is InChI=1S/C28H22F9NO5S/c1-14-24(15-8-18(27(32,33)34)11-19(9-15)28(35,36)37)43-25(39)38(14)13-16-10-17(26(29,30)31)4-6-21(16)22-12-20(44(3,40)41)5-7-23(22)42-2/h4-12,14,24H,13H2,1-3H3/t14-,24?/m0/s1. The van der Waals surface area contributed by atoms with Crippen molar-refractivity contribution in [1.29, 1.82) is 0 Å². The molecule has 1 aliphatic rings. The molecule has 0 saturated carbocycles. The van der Waals surface area contributed by atoms with Crippen molar-refractivity contribution in [3.63, 3.8) is 0 Å². The molecule has 44 heavy (non-hydrogen) atoms. The number of carbonyl (C=O) groups excluding carboxylic acids is 1. The van der Waals surface area contributed by atoms with Gasteiger partial charge in [-0.1, -0.05) is 6.07 Å². The van der Waals surface area contributed by atoms with E-state index in [0.29, 0.717) is 18.2 Å². The molecule has 2 atom stereocenters. The van der Waals surface area contributed by atoms with Crippen LogP contribution in [0.15, 0.2) is 59.5 Å². The van der Waals surface area contributed by atoms with Crippen LogP contribution in [-0.2, 0) is 39.6 Å². The van der Waals surface area contributed by atoms with Crippen LogP contribution in [0.5, 0.6) is 5.75 Å². The molecule has 1 amide bonds. The Kier molecular flexibility index (Phi) is 8.39. The largest absolute Gasteiger partial charge is 0.496 e. The maximum Gasteiger partial charge on any atom is 0.416 e. The predicted molar refractivity (Wildman–Crippen MR) is 137 cm³/mol. The number of methoxy groups -OCH3 is 1. The average molecular weight is 656 g/mol. The summed E-state index contributed by atoms with van der Waals surface area (Å²) < 4.78 is 157. The quantitative estimate of drug-likeness (QED) is 0.253. The SMILES string of the molecule is COc1ccc(S(C)(=O)=O)cc1-c1ccc(C(F)(F)F)cc1CN1C(=O)OC(c2cc(C(F)(F)F)cc(C(F)(F)F)c2)[C@@H]1C. The van der Waals surface area contributed by atoms with E-state index < -0.39 is 75.4 Å². The first-order chi connectivity index (χ1) is 20.1. The monoisotopic (exact) mass is 655 g/mol. The Hall–Kier alpha value is -3.95. The average Bonchev–Trinajstić information content (AvgIpc) is 3.19. The van der Waals surface area contributed by atoms with E-state index in [9.17, 15) is 52.7 Å². The number of amides is 1. The summed E-state index contributed by atoms with van der Waals surface area (Å²) in [5.74, 6) is 0.0666. The van der Waals surface area contributed by atoms with Crippen LogP contribution in [0.25, 0.3) is 11.1 Å². The molecule has 4 rings (SSSR count). The Morgan fingerprint density at radius 2 is 1.36 bits per heavy atom.